The van der Waals surface area contributed by atoms with Gasteiger partial charge < -0.3 is 14.7 Å². The van der Waals surface area contributed by atoms with Gasteiger partial charge in [0.1, 0.15) is 10.3 Å². The Morgan fingerprint density at radius 3 is 2.58 bits per heavy atom. The van der Waals surface area contributed by atoms with E-state index in [1.54, 1.807) is 22.3 Å². The molecule has 0 spiro atoms. The van der Waals surface area contributed by atoms with Crippen molar-refractivity contribution in [2.24, 2.45) is 0 Å². The monoisotopic (exact) mass is 550 g/mol. The molecule has 0 saturated carbocycles. The second-order valence-electron chi connectivity index (χ2n) is 10.1. The fourth-order valence-corrected chi connectivity index (χ4v) is 9.03. The van der Waals surface area contributed by atoms with Gasteiger partial charge in [0.05, 0.1) is 6.54 Å². The molecule has 3 saturated heterocycles. The molecule has 2 aromatic heterocycles. The number of likely N-dealkylation sites (tertiary alicyclic amines) is 3. The third-order valence-corrected chi connectivity index (χ3v) is 11.6. The molecule has 8 nitrogen and oxygen atoms in total. The van der Waals surface area contributed by atoms with Gasteiger partial charge in [0.2, 0.25) is 11.8 Å². The van der Waals surface area contributed by atoms with Crippen LogP contribution in [0.1, 0.15) is 44.1 Å². The zero-order valence-corrected chi connectivity index (χ0v) is 23.1. The number of thiophene rings is 2. The standard InChI is InChI=1S/C25H34N4O4S3/c1-18-14-22(34-17-18)21-8-9-24(35-21)36(32,33)26-20-7-5-12-28(25(20)31)16-23(30)29-13-4-6-19(29)15-27-10-2-3-11-27/h8-9,14,17,19-20,26H,2-7,10-13,15-16H2,1H3/t19-,20-/m0/s1. The highest BCUT2D eigenvalue weighted by molar-refractivity contribution is 7.91. The Morgan fingerprint density at radius 2 is 1.83 bits per heavy atom. The molecule has 3 aliphatic rings. The zero-order valence-electron chi connectivity index (χ0n) is 20.6. The van der Waals surface area contributed by atoms with E-state index in [0.29, 0.717) is 19.4 Å². The average Bonchev–Trinajstić information content (AvgIpc) is 3.64. The number of rotatable bonds is 8. The van der Waals surface area contributed by atoms with Gasteiger partial charge in [-0.3, -0.25) is 9.59 Å². The van der Waals surface area contributed by atoms with E-state index >= 15 is 0 Å². The maximum Gasteiger partial charge on any atom is 0.250 e. The van der Waals surface area contributed by atoms with Gasteiger partial charge in [-0.15, -0.1) is 22.7 Å². The summed E-state index contributed by atoms with van der Waals surface area (Å²) in [5.41, 5.74) is 1.14. The van der Waals surface area contributed by atoms with E-state index < -0.39 is 16.1 Å². The molecular formula is C25H34N4O4S3. The van der Waals surface area contributed by atoms with Crippen molar-refractivity contribution in [1.29, 1.82) is 0 Å². The highest BCUT2D eigenvalue weighted by Gasteiger charge is 2.36. The van der Waals surface area contributed by atoms with Gasteiger partial charge >= 0.3 is 0 Å². The molecule has 2 aromatic rings. The van der Waals surface area contributed by atoms with Crippen LogP contribution in [0.2, 0.25) is 0 Å². The summed E-state index contributed by atoms with van der Waals surface area (Å²) in [5.74, 6) is -0.332. The lowest BCUT2D eigenvalue weighted by molar-refractivity contribution is -0.143. The lowest BCUT2D eigenvalue weighted by atomic mass is 10.1. The SMILES string of the molecule is Cc1csc(-c2ccc(S(=O)(=O)N[C@H]3CCCN(CC(=O)N4CCC[C@H]4CN4CCCC4)C3=O)s2)c1. The Kier molecular flexibility index (Phi) is 7.83. The van der Waals surface area contributed by atoms with Crippen LogP contribution in [-0.2, 0) is 19.6 Å². The lowest BCUT2D eigenvalue weighted by Gasteiger charge is -2.34. The Labute approximate surface area is 221 Å². The quantitative estimate of drug-likeness (QED) is 0.546. The minimum atomic E-state index is -3.84. The molecule has 3 fully saturated rings. The molecular weight excluding hydrogens is 517 g/mol. The van der Waals surface area contributed by atoms with E-state index in [1.165, 1.54) is 24.2 Å². The van der Waals surface area contributed by atoms with Crippen molar-refractivity contribution < 1.29 is 18.0 Å². The molecule has 0 radical (unpaired) electrons. The van der Waals surface area contributed by atoms with Gasteiger partial charge in [-0.1, -0.05) is 0 Å². The molecule has 0 unspecified atom stereocenters. The van der Waals surface area contributed by atoms with Crippen molar-refractivity contribution in [3.8, 4) is 9.75 Å². The van der Waals surface area contributed by atoms with Crippen LogP contribution in [0, 0.1) is 6.92 Å². The second-order valence-corrected chi connectivity index (χ2v) is 14.0. The molecule has 2 amide bonds. The Hall–Kier alpha value is -1.79. The molecule has 1 N–H and O–H groups in total. The topological polar surface area (TPSA) is 90.0 Å². The minimum Gasteiger partial charge on any atom is -0.337 e. The third-order valence-electron chi connectivity index (χ3n) is 7.34. The van der Waals surface area contributed by atoms with Crippen LogP contribution < -0.4 is 4.72 Å². The number of hydrogen-bond donors (Lipinski definition) is 1. The molecule has 11 heteroatoms. The number of piperidine rings is 1. The molecule has 0 bridgehead atoms. The highest BCUT2D eigenvalue weighted by Crippen LogP contribution is 2.35. The zero-order chi connectivity index (χ0) is 25.3. The number of carbonyl (C=O) groups is 2. The predicted molar refractivity (Wildman–Crippen MR) is 143 cm³/mol. The van der Waals surface area contributed by atoms with Crippen molar-refractivity contribution >= 4 is 44.5 Å². The number of nitrogens with zero attached hydrogens (tertiary/aromatic N) is 3. The van der Waals surface area contributed by atoms with Crippen LogP contribution in [0.25, 0.3) is 9.75 Å². The van der Waals surface area contributed by atoms with Crippen LogP contribution in [-0.4, -0.2) is 86.3 Å². The van der Waals surface area contributed by atoms with Gasteiger partial charge in [0.15, 0.2) is 0 Å². The number of carbonyl (C=O) groups excluding carboxylic acids is 2. The summed E-state index contributed by atoms with van der Waals surface area (Å²) < 4.78 is 29.0. The van der Waals surface area contributed by atoms with Gasteiger partial charge in [-0.25, -0.2) is 8.42 Å². The van der Waals surface area contributed by atoms with E-state index in [2.05, 4.69) is 9.62 Å². The minimum absolute atomic E-state index is 0.0223. The molecule has 0 aliphatic carbocycles. The fraction of sp³-hybridized carbons (Fsp3) is 0.600. The Balaban J connectivity index is 1.20. The number of hydrogen-bond acceptors (Lipinski definition) is 7. The van der Waals surface area contributed by atoms with Crippen LogP contribution in [0.15, 0.2) is 27.8 Å². The number of nitrogens with one attached hydrogen (secondary N) is 1. The molecule has 36 heavy (non-hydrogen) atoms. The normalized spacial score (nSPS) is 23.6. The number of aryl methyl sites for hydroxylation is 1. The van der Waals surface area contributed by atoms with Crippen LogP contribution in [0.3, 0.4) is 0 Å². The smallest absolute Gasteiger partial charge is 0.250 e. The molecule has 5 heterocycles. The largest absolute Gasteiger partial charge is 0.337 e. The van der Waals surface area contributed by atoms with Crippen molar-refractivity contribution in [3.05, 3.63) is 29.1 Å². The first kappa shape index (κ1) is 25.8. The summed E-state index contributed by atoms with van der Waals surface area (Å²) in [6.45, 7) is 6.36. The summed E-state index contributed by atoms with van der Waals surface area (Å²) in [6, 6.07) is 4.82. The fourth-order valence-electron chi connectivity index (χ4n) is 5.48. The Bertz CT molecular complexity index is 1200. The van der Waals surface area contributed by atoms with Crippen LogP contribution >= 0.6 is 22.7 Å². The maximum absolute atomic E-state index is 13.2. The predicted octanol–water partition coefficient (Wildman–Crippen LogP) is 3.14. The van der Waals surface area contributed by atoms with E-state index in [4.69, 9.17) is 0 Å². The lowest BCUT2D eigenvalue weighted by Crippen LogP contribution is -2.55. The summed E-state index contributed by atoms with van der Waals surface area (Å²) in [4.78, 5) is 34.2. The van der Waals surface area contributed by atoms with E-state index in [-0.39, 0.29) is 28.6 Å². The molecule has 196 valence electrons. The van der Waals surface area contributed by atoms with Gasteiger partial charge in [0.25, 0.3) is 10.0 Å². The highest BCUT2D eigenvalue weighted by atomic mass is 32.2. The van der Waals surface area contributed by atoms with E-state index in [0.717, 1.165) is 54.3 Å². The summed E-state index contributed by atoms with van der Waals surface area (Å²) >= 11 is 2.79. The summed E-state index contributed by atoms with van der Waals surface area (Å²) in [6.07, 6.45) is 5.54. The van der Waals surface area contributed by atoms with Gasteiger partial charge in [-0.2, -0.15) is 4.72 Å². The molecule has 5 rings (SSSR count). The summed E-state index contributed by atoms with van der Waals surface area (Å²) in [5, 5.41) is 2.04. The molecule has 2 atom stereocenters. The molecule has 3 aliphatic heterocycles. The average molecular weight is 551 g/mol. The first-order valence-electron chi connectivity index (χ1n) is 12.8. The first-order valence-corrected chi connectivity index (χ1v) is 16.0. The van der Waals surface area contributed by atoms with Crippen molar-refractivity contribution in [1.82, 2.24) is 19.4 Å². The molecule has 0 aromatic carbocycles. The van der Waals surface area contributed by atoms with E-state index in [9.17, 15) is 18.0 Å². The van der Waals surface area contributed by atoms with Crippen molar-refractivity contribution in [2.45, 2.75) is 61.7 Å². The Morgan fingerprint density at radius 1 is 1.06 bits per heavy atom. The number of sulfonamides is 1. The van der Waals surface area contributed by atoms with Crippen LogP contribution in [0.5, 0.6) is 0 Å². The van der Waals surface area contributed by atoms with Gasteiger partial charge in [-0.05, 0) is 87.7 Å². The first-order chi connectivity index (χ1) is 17.3. The maximum atomic E-state index is 13.2. The van der Waals surface area contributed by atoms with Crippen molar-refractivity contribution in [3.63, 3.8) is 0 Å². The second kappa shape index (κ2) is 10.9. The van der Waals surface area contributed by atoms with Crippen LogP contribution in [0.4, 0.5) is 0 Å². The number of amides is 2. The van der Waals surface area contributed by atoms with E-state index in [1.807, 2.05) is 29.3 Å². The van der Waals surface area contributed by atoms with Gasteiger partial charge in [0, 0.05) is 35.4 Å². The third kappa shape index (κ3) is 5.70. The van der Waals surface area contributed by atoms with Crippen molar-refractivity contribution in [2.75, 3.05) is 39.3 Å². The summed E-state index contributed by atoms with van der Waals surface area (Å²) in [7, 11) is -3.84.